The van der Waals surface area contributed by atoms with Gasteiger partial charge in [0.05, 0.1) is 6.04 Å². The summed E-state index contributed by atoms with van der Waals surface area (Å²) in [6.07, 6.45) is 0. The van der Waals surface area contributed by atoms with Crippen LogP contribution in [0.5, 0.6) is 0 Å². The lowest BCUT2D eigenvalue weighted by atomic mass is 9.85. The molecule has 0 fully saturated rings. The minimum Gasteiger partial charge on any atom is -0.351 e. The molecule has 2 aromatic rings. The normalized spacial score (nSPS) is 13.1. The molecule has 0 spiro atoms. The number of amides is 1. The van der Waals surface area contributed by atoms with Gasteiger partial charge in [0.25, 0.3) is 0 Å². The molecule has 2 unspecified atom stereocenters. The van der Waals surface area contributed by atoms with Gasteiger partial charge in [0.1, 0.15) is 0 Å². The van der Waals surface area contributed by atoms with Crippen molar-refractivity contribution < 1.29 is 4.79 Å². The molecule has 0 heterocycles. The van der Waals surface area contributed by atoms with Gasteiger partial charge in [-0.1, -0.05) is 60.7 Å². The van der Waals surface area contributed by atoms with Gasteiger partial charge in [-0.15, -0.1) is 12.4 Å². The van der Waals surface area contributed by atoms with Gasteiger partial charge in [-0.3, -0.25) is 4.79 Å². The van der Waals surface area contributed by atoms with Crippen LogP contribution in [-0.2, 0) is 4.79 Å². The quantitative estimate of drug-likeness (QED) is 0.890. The van der Waals surface area contributed by atoms with Crippen LogP contribution in [0.15, 0.2) is 60.7 Å². The van der Waals surface area contributed by atoms with Gasteiger partial charge < -0.3 is 11.1 Å². The van der Waals surface area contributed by atoms with Crippen molar-refractivity contribution in [3.8, 4) is 0 Å². The minimum absolute atomic E-state index is 0. The van der Waals surface area contributed by atoms with Crippen molar-refractivity contribution in [3.63, 3.8) is 0 Å². The summed E-state index contributed by atoms with van der Waals surface area (Å²) in [5, 5.41) is 3.01. The number of rotatable bonds is 5. The lowest BCUT2D eigenvalue weighted by molar-refractivity contribution is -0.122. The summed E-state index contributed by atoms with van der Waals surface area (Å²) >= 11 is 0. The van der Waals surface area contributed by atoms with Crippen LogP contribution in [0.1, 0.15) is 30.9 Å². The lowest BCUT2D eigenvalue weighted by Gasteiger charge is -2.26. The maximum atomic E-state index is 11.9. The van der Waals surface area contributed by atoms with Crippen molar-refractivity contribution in [1.82, 2.24) is 5.32 Å². The molecule has 0 aromatic heterocycles. The van der Waals surface area contributed by atoms with E-state index in [-0.39, 0.29) is 30.3 Å². The number of hydrogen-bond acceptors (Lipinski definition) is 2. The summed E-state index contributed by atoms with van der Waals surface area (Å²) in [5.41, 5.74) is 8.01. The van der Waals surface area contributed by atoms with Crippen molar-refractivity contribution in [3.05, 3.63) is 71.8 Å². The zero-order valence-electron chi connectivity index (χ0n) is 12.9. The highest BCUT2D eigenvalue weighted by Crippen LogP contribution is 2.27. The smallest absolute Gasteiger partial charge is 0.236 e. The molecule has 0 saturated heterocycles. The Labute approximate surface area is 138 Å². The van der Waals surface area contributed by atoms with Gasteiger partial charge in [-0.05, 0) is 25.0 Å². The molecule has 2 rings (SSSR count). The Morgan fingerprint density at radius 3 is 1.68 bits per heavy atom. The van der Waals surface area contributed by atoms with Gasteiger partial charge in [0.2, 0.25) is 5.91 Å². The zero-order chi connectivity index (χ0) is 15.2. The van der Waals surface area contributed by atoms with E-state index < -0.39 is 6.04 Å². The highest BCUT2D eigenvalue weighted by Gasteiger charge is 2.23. The Hall–Kier alpha value is -1.84. The van der Waals surface area contributed by atoms with Crippen molar-refractivity contribution in [1.29, 1.82) is 0 Å². The number of hydrogen-bond donors (Lipinski definition) is 2. The molecule has 0 aliphatic heterocycles. The maximum Gasteiger partial charge on any atom is 0.236 e. The summed E-state index contributed by atoms with van der Waals surface area (Å²) in [6.45, 7) is 3.72. The second-order valence-corrected chi connectivity index (χ2v) is 5.38. The largest absolute Gasteiger partial charge is 0.351 e. The molecule has 0 saturated carbocycles. The highest BCUT2D eigenvalue weighted by atomic mass is 35.5. The fourth-order valence-electron chi connectivity index (χ4n) is 2.53. The number of nitrogens with two attached hydrogens (primary N) is 1. The summed E-state index contributed by atoms with van der Waals surface area (Å²) < 4.78 is 0. The van der Waals surface area contributed by atoms with Gasteiger partial charge in [-0.2, -0.15) is 0 Å². The van der Waals surface area contributed by atoms with Gasteiger partial charge in [0.15, 0.2) is 0 Å². The molecule has 1 amide bonds. The van der Waals surface area contributed by atoms with Gasteiger partial charge >= 0.3 is 0 Å². The fraction of sp³-hybridized carbons (Fsp3) is 0.278. The van der Waals surface area contributed by atoms with E-state index in [2.05, 4.69) is 29.6 Å². The predicted octanol–water partition coefficient (Wildman–Crippen LogP) is 3.09. The maximum absolute atomic E-state index is 11.9. The van der Waals surface area contributed by atoms with Crippen LogP contribution in [0.25, 0.3) is 0 Å². The van der Waals surface area contributed by atoms with Crippen molar-refractivity contribution >= 4 is 18.3 Å². The average molecular weight is 319 g/mol. The van der Waals surface area contributed by atoms with Crippen LogP contribution in [0.2, 0.25) is 0 Å². The van der Waals surface area contributed by atoms with Crippen LogP contribution in [-0.4, -0.2) is 18.0 Å². The number of halogens is 1. The van der Waals surface area contributed by atoms with E-state index in [1.165, 1.54) is 11.1 Å². The molecule has 3 nitrogen and oxygen atoms in total. The third-order valence-electron chi connectivity index (χ3n) is 3.60. The first-order valence-electron chi connectivity index (χ1n) is 7.25. The van der Waals surface area contributed by atoms with Gasteiger partial charge in [0, 0.05) is 12.0 Å². The molecule has 22 heavy (non-hydrogen) atoms. The van der Waals surface area contributed by atoms with E-state index in [1.54, 1.807) is 6.92 Å². The third kappa shape index (κ3) is 4.58. The highest BCUT2D eigenvalue weighted by molar-refractivity contribution is 5.85. The SMILES string of the molecule is CC(N)C(=O)NC(C)C(c1ccccc1)c1ccccc1.Cl. The number of carbonyl (C=O) groups excluding carboxylic acids is 1. The summed E-state index contributed by atoms with van der Waals surface area (Å²) in [7, 11) is 0. The fourth-order valence-corrected chi connectivity index (χ4v) is 2.53. The van der Waals surface area contributed by atoms with Crippen LogP contribution < -0.4 is 11.1 Å². The van der Waals surface area contributed by atoms with Gasteiger partial charge in [-0.25, -0.2) is 0 Å². The first-order valence-corrected chi connectivity index (χ1v) is 7.25. The Morgan fingerprint density at radius 2 is 1.32 bits per heavy atom. The van der Waals surface area contributed by atoms with E-state index in [0.717, 1.165) is 0 Å². The van der Waals surface area contributed by atoms with E-state index in [0.29, 0.717) is 0 Å². The second kappa shape index (κ2) is 8.57. The monoisotopic (exact) mass is 318 g/mol. The van der Waals surface area contributed by atoms with Crippen LogP contribution in [0.3, 0.4) is 0 Å². The van der Waals surface area contributed by atoms with Crippen molar-refractivity contribution in [2.45, 2.75) is 31.8 Å². The summed E-state index contributed by atoms with van der Waals surface area (Å²) in [4.78, 5) is 11.9. The lowest BCUT2D eigenvalue weighted by Crippen LogP contribution is -2.45. The van der Waals surface area contributed by atoms with E-state index in [1.807, 2.05) is 43.3 Å². The van der Waals surface area contributed by atoms with Crippen molar-refractivity contribution in [2.75, 3.05) is 0 Å². The molecule has 2 aromatic carbocycles. The first kappa shape index (κ1) is 18.2. The second-order valence-electron chi connectivity index (χ2n) is 5.38. The predicted molar refractivity (Wildman–Crippen MR) is 93.2 cm³/mol. The Morgan fingerprint density at radius 1 is 0.909 bits per heavy atom. The van der Waals surface area contributed by atoms with Crippen LogP contribution in [0.4, 0.5) is 0 Å². The molecule has 4 heteroatoms. The summed E-state index contributed by atoms with van der Waals surface area (Å²) in [6, 6.07) is 19.9. The van der Waals surface area contributed by atoms with Crippen molar-refractivity contribution in [2.24, 2.45) is 5.73 Å². The summed E-state index contributed by atoms with van der Waals surface area (Å²) in [5.74, 6) is -0.0190. The molecular formula is C18H23ClN2O. The molecule has 0 aliphatic carbocycles. The topological polar surface area (TPSA) is 55.1 Å². The van der Waals surface area contributed by atoms with E-state index in [4.69, 9.17) is 5.73 Å². The standard InChI is InChI=1S/C18H22N2O.ClH/c1-13(19)18(21)20-14(2)17(15-9-5-3-6-10-15)16-11-7-4-8-12-16;/h3-14,17H,19H2,1-2H3,(H,20,21);1H. The van der Waals surface area contributed by atoms with E-state index >= 15 is 0 Å². The number of carbonyl (C=O) groups is 1. The Balaban J connectivity index is 0.00000242. The van der Waals surface area contributed by atoms with Crippen LogP contribution >= 0.6 is 12.4 Å². The zero-order valence-corrected chi connectivity index (χ0v) is 13.7. The molecule has 0 radical (unpaired) electrons. The first-order chi connectivity index (χ1) is 10.1. The third-order valence-corrected chi connectivity index (χ3v) is 3.60. The molecule has 0 bridgehead atoms. The van der Waals surface area contributed by atoms with E-state index in [9.17, 15) is 4.79 Å². The molecule has 3 N–H and O–H groups in total. The molecule has 118 valence electrons. The average Bonchev–Trinajstić information content (AvgIpc) is 2.49. The molecule has 0 aliphatic rings. The Kier molecular flexibility index (Phi) is 7.09. The number of nitrogens with one attached hydrogen (secondary N) is 1. The molecular weight excluding hydrogens is 296 g/mol. The Bertz CT molecular complexity index is 533. The van der Waals surface area contributed by atoms with Crippen LogP contribution in [0, 0.1) is 0 Å². The minimum atomic E-state index is -0.500. The number of benzene rings is 2. The molecule has 2 atom stereocenters.